The summed E-state index contributed by atoms with van der Waals surface area (Å²) in [6, 6.07) is 7.52. The first-order valence-corrected chi connectivity index (χ1v) is 5.55. The van der Waals surface area contributed by atoms with E-state index in [1.54, 1.807) is 0 Å². The Morgan fingerprint density at radius 1 is 1.47 bits per heavy atom. The van der Waals surface area contributed by atoms with Crippen molar-refractivity contribution in [1.82, 2.24) is 0 Å². The SMILES string of the molecule is CCOC(C)C(O)Cc1cccc(Cl)c1. The third kappa shape index (κ3) is 4.20. The van der Waals surface area contributed by atoms with Gasteiger partial charge in [0.1, 0.15) is 0 Å². The summed E-state index contributed by atoms with van der Waals surface area (Å²) in [6.07, 6.45) is -0.0563. The molecular formula is C12H17ClO2. The number of rotatable bonds is 5. The molecule has 0 spiro atoms. The van der Waals surface area contributed by atoms with Gasteiger partial charge in [0.05, 0.1) is 12.2 Å². The van der Waals surface area contributed by atoms with Crippen LogP contribution in [0.2, 0.25) is 5.02 Å². The lowest BCUT2D eigenvalue weighted by Gasteiger charge is -2.18. The third-order valence-corrected chi connectivity index (χ3v) is 2.54. The second-order valence-electron chi connectivity index (χ2n) is 3.56. The Hall–Kier alpha value is -0.570. The zero-order valence-electron chi connectivity index (χ0n) is 9.11. The summed E-state index contributed by atoms with van der Waals surface area (Å²) >= 11 is 5.86. The standard InChI is InChI=1S/C12H17ClO2/c1-3-15-9(2)12(14)8-10-5-4-6-11(13)7-10/h4-7,9,12,14H,3,8H2,1-2H3. The minimum Gasteiger partial charge on any atom is -0.390 e. The Morgan fingerprint density at radius 3 is 2.80 bits per heavy atom. The fourth-order valence-corrected chi connectivity index (χ4v) is 1.66. The zero-order chi connectivity index (χ0) is 11.3. The number of benzene rings is 1. The third-order valence-electron chi connectivity index (χ3n) is 2.31. The van der Waals surface area contributed by atoms with Crippen LogP contribution in [0.3, 0.4) is 0 Å². The molecule has 0 saturated heterocycles. The highest BCUT2D eigenvalue weighted by Crippen LogP contribution is 2.14. The lowest BCUT2D eigenvalue weighted by molar-refractivity contribution is -0.0208. The van der Waals surface area contributed by atoms with Crippen LogP contribution in [-0.4, -0.2) is 23.9 Å². The Kier molecular flexibility index (Phi) is 5.09. The molecule has 0 bridgehead atoms. The molecule has 1 rings (SSSR count). The van der Waals surface area contributed by atoms with Crippen LogP contribution in [0.4, 0.5) is 0 Å². The summed E-state index contributed by atoms with van der Waals surface area (Å²) in [5.41, 5.74) is 1.03. The lowest BCUT2D eigenvalue weighted by atomic mass is 10.0. The summed E-state index contributed by atoms with van der Waals surface area (Å²) in [4.78, 5) is 0. The van der Waals surface area contributed by atoms with Crippen LogP contribution in [0.1, 0.15) is 19.4 Å². The van der Waals surface area contributed by atoms with E-state index >= 15 is 0 Å². The number of halogens is 1. The molecule has 0 aliphatic rings. The normalized spacial score (nSPS) is 14.9. The van der Waals surface area contributed by atoms with Crippen LogP contribution < -0.4 is 0 Å². The molecule has 0 saturated carbocycles. The van der Waals surface area contributed by atoms with Gasteiger partial charge in [-0.3, -0.25) is 0 Å². The van der Waals surface area contributed by atoms with E-state index in [9.17, 15) is 5.11 Å². The van der Waals surface area contributed by atoms with Gasteiger partial charge in [-0.1, -0.05) is 23.7 Å². The Bertz CT molecular complexity index is 301. The van der Waals surface area contributed by atoms with Crippen LogP contribution in [0.15, 0.2) is 24.3 Å². The average Bonchev–Trinajstić information content (AvgIpc) is 2.18. The van der Waals surface area contributed by atoms with Crippen molar-refractivity contribution in [3.05, 3.63) is 34.9 Å². The minimum absolute atomic E-state index is 0.144. The van der Waals surface area contributed by atoms with Crippen LogP contribution >= 0.6 is 11.6 Å². The highest BCUT2D eigenvalue weighted by atomic mass is 35.5. The van der Waals surface area contributed by atoms with Crippen LogP contribution in [-0.2, 0) is 11.2 Å². The molecule has 2 nitrogen and oxygen atoms in total. The molecular weight excluding hydrogens is 212 g/mol. The van der Waals surface area contributed by atoms with Gasteiger partial charge in [-0.25, -0.2) is 0 Å². The molecule has 0 fully saturated rings. The topological polar surface area (TPSA) is 29.5 Å². The average molecular weight is 229 g/mol. The first-order chi connectivity index (χ1) is 7.13. The second-order valence-corrected chi connectivity index (χ2v) is 4.00. The maximum absolute atomic E-state index is 9.83. The van der Waals surface area contributed by atoms with Crippen molar-refractivity contribution >= 4 is 11.6 Å². The van der Waals surface area contributed by atoms with Gasteiger partial charge < -0.3 is 9.84 Å². The van der Waals surface area contributed by atoms with E-state index in [0.717, 1.165) is 5.56 Å². The molecule has 3 heteroatoms. The highest BCUT2D eigenvalue weighted by molar-refractivity contribution is 6.30. The Morgan fingerprint density at radius 2 is 2.20 bits per heavy atom. The molecule has 2 atom stereocenters. The summed E-state index contributed by atoms with van der Waals surface area (Å²) in [6.45, 7) is 4.41. The van der Waals surface area contributed by atoms with Crippen molar-refractivity contribution < 1.29 is 9.84 Å². The predicted octanol–water partition coefficient (Wildman–Crippen LogP) is 2.67. The summed E-state index contributed by atoms with van der Waals surface area (Å²) in [5.74, 6) is 0. The van der Waals surface area contributed by atoms with E-state index in [1.165, 1.54) is 0 Å². The smallest absolute Gasteiger partial charge is 0.0839 e. The number of ether oxygens (including phenoxy) is 1. The fraction of sp³-hybridized carbons (Fsp3) is 0.500. The summed E-state index contributed by atoms with van der Waals surface area (Å²) in [7, 11) is 0. The molecule has 1 N–H and O–H groups in total. The van der Waals surface area contributed by atoms with Crippen molar-refractivity contribution in [2.45, 2.75) is 32.5 Å². The maximum Gasteiger partial charge on any atom is 0.0839 e. The van der Waals surface area contributed by atoms with E-state index in [1.807, 2.05) is 38.1 Å². The molecule has 2 unspecified atom stereocenters. The van der Waals surface area contributed by atoms with Gasteiger partial charge in [0, 0.05) is 18.1 Å². The van der Waals surface area contributed by atoms with Crippen LogP contribution in [0.25, 0.3) is 0 Å². The largest absolute Gasteiger partial charge is 0.390 e. The van der Waals surface area contributed by atoms with Crippen molar-refractivity contribution in [3.63, 3.8) is 0 Å². The number of hydrogen-bond donors (Lipinski definition) is 1. The first kappa shape index (κ1) is 12.5. The molecule has 1 aromatic rings. The van der Waals surface area contributed by atoms with Crippen molar-refractivity contribution in [1.29, 1.82) is 0 Å². The second kappa shape index (κ2) is 6.11. The monoisotopic (exact) mass is 228 g/mol. The first-order valence-electron chi connectivity index (χ1n) is 5.17. The van der Waals surface area contributed by atoms with Crippen molar-refractivity contribution in [2.75, 3.05) is 6.61 Å². The van der Waals surface area contributed by atoms with Gasteiger partial charge in [0.15, 0.2) is 0 Å². The van der Waals surface area contributed by atoms with E-state index in [-0.39, 0.29) is 6.10 Å². The van der Waals surface area contributed by atoms with E-state index in [2.05, 4.69) is 0 Å². The molecule has 15 heavy (non-hydrogen) atoms. The highest BCUT2D eigenvalue weighted by Gasteiger charge is 2.14. The lowest BCUT2D eigenvalue weighted by Crippen LogP contribution is -2.28. The molecule has 0 aliphatic heterocycles. The van der Waals surface area contributed by atoms with Gasteiger partial charge >= 0.3 is 0 Å². The number of hydrogen-bond acceptors (Lipinski definition) is 2. The van der Waals surface area contributed by atoms with Crippen LogP contribution in [0.5, 0.6) is 0 Å². The van der Waals surface area contributed by atoms with E-state index in [0.29, 0.717) is 18.1 Å². The van der Waals surface area contributed by atoms with E-state index < -0.39 is 6.10 Å². The van der Waals surface area contributed by atoms with Crippen molar-refractivity contribution in [2.24, 2.45) is 0 Å². The molecule has 0 aromatic heterocycles. The van der Waals surface area contributed by atoms with Crippen LogP contribution in [0, 0.1) is 0 Å². The molecule has 84 valence electrons. The Balaban J connectivity index is 2.54. The molecule has 1 aromatic carbocycles. The van der Waals surface area contributed by atoms with Gasteiger partial charge in [-0.05, 0) is 31.5 Å². The van der Waals surface area contributed by atoms with Gasteiger partial charge in [0.2, 0.25) is 0 Å². The predicted molar refractivity (Wildman–Crippen MR) is 62.3 cm³/mol. The van der Waals surface area contributed by atoms with Gasteiger partial charge in [-0.2, -0.15) is 0 Å². The maximum atomic E-state index is 9.83. The fourth-order valence-electron chi connectivity index (χ4n) is 1.45. The van der Waals surface area contributed by atoms with E-state index in [4.69, 9.17) is 16.3 Å². The molecule has 0 radical (unpaired) electrons. The number of aliphatic hydroxyl groups excluding tert-OH is 1. The Labute approximate surface area is 95.8 Å². The quantitative estimate of drug-likeness (QED) is 0.840. The molecule has 0 heterocycles. The molecule has 0 amide bonds. The number of aliphatic hydroxyl groups is 1. The van der Waals surface area contributed by atoms with Gasteiger partial charge in [-0.15, -0.1) is 0 Å². The van der Waals surface area contributed by atoms with Gasteiger partial charge in [0.25, 0.3) is 0 Å². The minimum atomic E-state index is -0.483. The molecule has 0 aliphatic carbocycles. The zero-order valence-corrected chi connectivity index (χ0v) is 9.87. The summed E-state index contributed by atoms with van der Waals surface area (Å²) < 4.78 is 5.32. The van der Waals surface area contributed by atoms with Crippen molar-refractivity contribution in [3.8, 4) is 0 Å². The summed E-state index contributed by atoms with van der Waals surface area (Å²) in [5, 5.41) is 10.5.